The molecule has 0 aromatic carbocycles. The summed E-state index contributed by atoms with van der Waals surface area (Å²) < 4.78 is 47.9. The van der Waals surface area contributed by atoms with Gasteiger partial charge in [0, 0.05) is 18.7 Å². The van der Waals surface area contributed by atoms with Gasteiger partial charge in [0.15, 0.2) is 5.69 Å². The smallest absolute Gasteiger partial charge is 0.375 e. The minimum Gasteiger partial charge on any atom is -0.375 e. The van der Waals surface area contributed by atoms with Crippen molar-refractivity contribution in [1.82, 2.24) is 10.5 Å². The molecule has 23 heavy (non-hydrogen) atoms. The lowest BCUT2D eigenvalue weighted by Gasteiger charge is -2.43. The summed E-state index contributed by atoms with van der Waals surface area (Å²) in [5, 5.41) is 5.65. The third-order valence-corrected chi connectivity index (χ3v) is 4.62. The van der Waals surface area contributed by atoms with E-state index >= 15 is 0 Å². The van der Waals surface area contributed by atoms with Gasteiger partial charge in [0.2, 0.25) is 5.76 Å². The number of amides is 1. The summed E-state index contributed by atoms with van der Waals surface area (Å²) in [6, 6.07) is 0.513. The average Bonchev–Trinajstić information content (AvgIpc) is 2.98. The average molecular weight is 332 g/mol. The summed E-state index contributed by atoms with van der Waals surface area (Å²) in [6.45, 7) is 0.551. The Morgan fingerprint density at radius 3 is 2.70 bits per heavy atom. The quantitative estimate of drug-likeness (QED) is 0.902. The molecular weight excluding hydrogens is 313 g/mol. The first kappa shape index (κ1) is 16.3. The van der Waals surface area contributed by atoms with E-state index in [0.717, 1.165) is 25.7 Å². The van der Waals surface area contributed by atoms with Crippen molar-refractivity contribution in [3.05, 3.63) is 17.5 Å². The van der Waals surface area contributed by atoms with E-state index in [4.69, 9.17) is 4.74 Å². The molecule has 1 N–H and O–H groups in total. The van der Waals surface area contributed by atoms with Gasteiger partial charge in [-0.15, -0.1) is 0 Å². The van der Waals surface area contributed by atoms with Crippen molar-refractivity contribution in [1.29, 1.82) is 0 Å². The van der Waals surface area contributed by atoms with Crippen molar-refractivity contribution in [2.45, 2.75) is 62.8 Å². The molecule has 1 aromatic rings. The van der Waals surface area contributed by atoms with Gasteiger partial charge in [-0.05, 0) is 25.7 Å². The van der Waals surface area contributed by atoms with Crippen LogP contribution in [0.5, 0.6) is 0 Å². The monoisotopic (exact) mass is 332 g/mol. The number of aromatic nitrogens is 1. The van der Waals surface area contributed by atoms with Gasteiger partial charge in [0.05, 0.1) is 5.60 Å². The largest absolute Gasteiger partial charge is 0.436 e. The topological polar surface area (TPSA) is 64.4 Å². The molecule has 1 amide bonds. The van der Waals surface area contributed by atoms with Gasteiger partial charge in [-0.1, -0.05) is 24.4 Å². The summed E-state index contributed by atoms with van der Waals surface area (Å²) in [7, 11) is 0. The highest BCUT2D eigenvalue weighted by Crippen LogP contribution is 2.38. The highest BCUT2D eigenvalue weighted by Gasteiger charge is 2.40. The molecule has 1 spiro atoms. The molecule has 0 bridgehead atoms. The maximum atomic E-state index is 12.5. The SMILES string of the molecule is O=C(N[C@H]1CCOC2(CCCCC2)C1)c1cc(C(F)(F)F)no1. The number of hydrogen-bond donors (Lipinski definition) is 1. The molecule has 3 rings (SSSR count). The molecule has 2 aliphatic rings. The zero-order valence-corrected chi connectivity index (χ0v) is 12.6. The molecule has 1 atom stereocenters. The molecule has 1 saturated heterocycles. The molecule has 1 saturated carbocycles. The minimum atomic E-state index is -4.62. The van der Waals surface area contributed by atoms with Crippen LogP contribution in [0, 0.1) is 0 Å². The number of nitrogens with zero attached hydrogens (tertiary/aromatic N) is 1. The van der Waals surface area contributed by atoms with Crippen molar-refractivity contribution < 1.29 is 27.2 Å². The molecule has 128 valence electrons. The van der Waals surface area contributed by atoms with Crippen molar-refractivity contribution in [3.8, 4) is 0 Å². The maximum absolute atomic E-state index is 12.5. The molecule has 2 heterocycles. The van der Waals surface area contributed by atoms with Crippen LogP contribution in [0.15, 0.2) is 10.6 Å². The fourth-order valence-corrected chi connectivity index (χ4v) is 3.47. The Labute approximate surface area is 131 Å². The Morgan fingerprint density at radius 1 is 1.30 bits per heavy atom. The molecule has 1 aromatic heterocycles. The van der Waals surface area contributed by atoms with E-state index in [1.165, 1.54) is 6.42 Å². The van der Waals surface area contributed by atoms with E-state index in [-0.39, 0.29) is 11.6 Å². The van der Waals surface area contributed by atoms with Gasteiger partial charge in [0.25, 0.3) is 5.91 Å². The lowest BCUT2D eigenvalue weighted by Crippen LogP contribution is -2.49. The summed E-state index contributed by atoms with van der Waals surface area (Å²) in [5.74, 6) is -1.08. The van der Waals surface area contributed by atoms with Crippen LogP contribution < -0.4 is 5.32 Å². The lowest BCUT2D eigenvalue weighted by atomic mass is 9.78. The first-order chi connectivity index (χ1) is 10.9. The van der Waals surface area contributed by atoms with Crippen LogP contribution in [-0.2, 0) is 10.9 Å². The standard InChI is InChI=1S/C15H19F3N2O3/c16-15(17,18)12-8-11(23-20-12)13(21)19-10-4-7-22-14(9-10)5-2-1-3-6-14/h8,10H,1-7,9H2,(H,19,21)/t10-/m0/s1. The summed E-state index contributed by atoms with van der Waals surface area (Å²) in [4.78, 5) is 12.1. The highest BCUT2D eigenvalue weighted by atomic mass is 19.4. The normalized spacial score (nSPS) is 24.6. The van der Waals surface area contributed by atoms with Gasteiger partial charge < -0.3 is 14.6 Å². The first-order valence-corrected chi connectivity index (χ1v) is 7.87. The van der Waals surface area contributed by atoms with Gasteiger partial charge >= 0.3 is 6.18 Å². The second-order valence-electron chi connectivity index (χ2n) is 6.33. The van der Waals surface area contributed by atoms with Crippen molar-refractivity contribution in [2.75, 3.05) is 6.61 Å². The zero-order valence-electron chi connectivity index (χ0n) is 12.6. The number of alkyl halides is 3. The Balaban J connectivity index is 1.62. The zero-order chi connectivity index (χ0) is 16.5. The summed E-state index contributed by atoms with van der Waals surface area (Å²) in [5.41, 5.74) is -1.38. The minimum absolute atomic E-state index is 0.117. The summed E-state index contributed by atoms with van der Waals surface area (Å²) >= 11 is 0. The lowest BCUT2D eigenvalue weighted by molar-refractivity contribution is -0.142. The van der Waals surface area contributed by atoms with Crippen LogP contribution in [-0.4, -0.2) is 29.3 Å². The number of halogens is 3. The highest BCUT2D eigenvalue weighted by molar-refractivity contribution is 5.91. The third kappa shape index (κ3) is 3.68. The van der Waals surface area contributed by atoms with Gasteiger partial charge in [-0.2, -0.15) is 13.2 Å². The van der Waals surface area contributed by atoms with Crippen LogP contribution in [0.2, 0.25) is 0 Å². The fraction of sp³-hybridized carbons (Fsp3) is 0.733. The maximum Gasteiger partial charge on any atom is 0.436 e. The van der Waals surface area contributed by atoms with Gasteiger partial charge in [0.1, 0.15) is 0 Å². The Morgan fingerprint density at radius 2 is 2.04 bits per heavy atom. The van der Waals surface area contributed by atoms with Crippen LogP contribution in [0.1, 0.15) is 61.2 Å². The van der Waals surface area contributed by atoms with E-state index < -0.39 is 23.5 Å². The third-order valence-electron chi connectivity index (χ3n) is 4.62. The molecular formula is C15H19F3N2O3. The second kappa shape index (κ2) is 6.14. The Kier molecular flexibility index (Phi) is 4.35. The molecule has 8 heteroatoms. The molecule has 5 nitrogen and oxygen atoms in total. The predicted octanol–water partition coefficient (Wildman–Crippen LogP) is 3.31. The summed E-state index contributed by atoms with van der Waals surface area (Å²) in [6.07, 6.45) is 2.08. The molecule has 0 radical (unpaired) electrons. The van der Waals surface area contributed by atoms with E-state index in [1.807, 2.05) is 0 Å². The number of nitrogens with one attached hydrogen (secondary N) is 1. The number of ether oxygens (including phenoxy) is 1. The molecule has 1 aliphatic carbocycles. The molecule has 1 aliphatic heterocycles. The number of carbonyl (C=O) groups is 1. The van der Waals surface area contributed by atoms with E-state index in [9.17, 15) is 18.0 Å². The van der Waals surface area contributed by atoms with Crippen LogP contribution in [0.25, 0.3) is 0 Å². The van der Waals surface area contributed by atoms with E-state index in [1.54, 1.807) is 0 Å². The fourth-order valence-electron chi connectivity index (χ4n) is 3.47. The van der Waals surface area contributed by atoms with Crippen molar-refractivity contribution in [3.63, 3.8) is 0 Å². The Bertz CT molecular complexity index is 559. The molecule has 2 fully saturated rings. The van der Waals surface area contributed by atoms with Crippen LogP contribution in [0.4, 0.5) is 13.2 Å². The van der Waals surface area contributed by atoms with Gasteiger partial charge in [-0.25, -0.2) is 0 Å². The first-order valence-electron chi connectivity index (χ1n) is 7.87. The Hall–Kier alpha value is -1.57. The van der Waals surface area contributed by atoms with E-state index in [2.05, 4.69) is 15.0 Å². The van der Waals surface area contributed by atoms with Crippen LogP contribution >= 0.6 is 0 Å². The number of rotatable bonds is 2. The second-order valence-corrected chi connectivity index (χ2v) is 6.33. The predicted molar refractivity (Wildman–Crippen MR) is 73.8 cm³/mol. The molecule has 0 unspecified atom stereocenters. The van der Waals surface area contributed by atoms with Crippen LogP contribution in [0.3, 0.4) is 0 Å². The van der Waals surface area contributed by atoms with Crippen molar-refractivity contribution in [2.24, 2.45) is 0 Å². The number of hydrogen-bond acceptors (Lipinski definition) is 4. The van der Waals surface area contributed by atoms with E-state index in [0.29, 0.717) is 25.5 Å². The van der Waals surface area contributed by atoms with Gasteiger partial charge in [-0.3, -0.25) is 4.79 Å². The number of carbonyl (C=O) groups excluding carboxylic acids is 1. The van der Waals surface area contributed by atoms with Crippen molar-refractivity contribution >= 4 is 5.91 Å².